The first-order valence-corrected chi connectivity index (χ1v) is 9.74. The van der Waals surface area contributed by atoms with Gasteiger partial charge in [0, 0.05) is 27.1 Å². The lowest BCUT2D eigenvalue weighted by Gasteiger charge is -2.61. The molecule has 0 aromatic rings. The summed E-state index contributed by atoms with van der Waals surface area (Å²) in [4.78, 5) is 0. The van der Waals surface area contributed by atoms with Crippen LogP contribution in [0.25, 0.3) is 0 Å². The summed E-state index contributed by atoms with van der Waals surface area (Å²) in [6.45, 7) is 5.13. The van der Waals surface area contributed by atoms with Crippen LogP contribution in [0, 0.1) is 34.5 Å². The van der Waals surface area contributed by atoms with Crippen LogP contribution in [0.15, 0.2) is 12.2 Å². The average molecular weight is 319 g/mol. The minimum Gasteiger partial charge on any atom is -0.353 e. The summed E-state index contributed by atoms with van der Waals surface area (Å²) >= 11 is 0. The van der Waals surface area contributed by atoms with Gasteiger partial charge in [-0.2, -0.15) is 0 Å². The minimum atomic E-state index is -0.310. The zero-order chi connectivity index (χ0) is 16.3. The highest BCUT2D eigenvalue weighted by Crippen LogP contribution is 2.65. The molecule has 0 radical (unpaired) electrons. The van der Waals surface area contributed by atoms with Crippen LogP contribution in [0.5, 0.6) is 0 Å². The van der Waals surface area contributed by atoms with Crippen molar-refractivity contribution in [1.82, 2.24) is 0 Å². The molecule has 2 nitrogen and oxygen atoms in total. The topological polar surface area (TPSA) is 18.5 Å². The quantitative estimate of drug-likeness (QED) is 0.515. The Hall–Kier alpha value is -0.340. The van der Waals surface area contributed by atoms with Crippen LogP contribution in [0.4, 0.5) is 0 Å². The molecule has 0 aromatic heterocycles. The van der Waals surface area contributed by atoms with E-state index in [1.807, 2.05) is 14.2 Å². The van der Waals surface area contributed by atoms with Gasteiger partial charge in [0.15, 0.2) is 5.79 Å². The lowest BCUT2D eigenvalue weighted by Crippen LogP contribution is -2.56. The molecule has 0 heterocycles. The van der Waals surface area contributed by atoms with E-state index in [0.717, 1.165) is 36.5 Å². The Morgan fingerprint density at radius 1 is 0.913 bits per heavy atom. The second kappa shape index (κ2) is 5.33. The standard InChI is InChI=1S/C21H34O2/c1-19-10-5-6-17(19)16-8-7-15-14-21(22-3,23-4)13-12-20(15,2)18(16)9-11-19/h5,10,15-18H,6-9,11-14H2,1-4H3/t15-,16-,17-,18-,19-,20-/m0/s1. The van der Waals surface area contributed by atoms with Crippen molar-refractivity contribution >= 4 is 0 Å². The van der Waals surface area contributed by atoms with Crippen LogP contribution in [-0.2, 0) is 9.47 Å². The van der Waals surface area contributed by atoms with Gasteiger partial charge in [0.25, 0.3) is 0 Å². The van der Waals surface area contributed by atoms with Gasteiger partial charge in [-0.1, -0.05) is 26.0 Å². The maximum atomic E-state index is 5.81. The van der Waals surface area contributed by atoms with Gasteiger partial charge in [0.05, 0.1) is 0 Å². The average Bonchev–Trinajstić information content (AvgIpc) is 2.96. The van der Waals surface area contributed by atoms with E-state index < -0.39 is 0 Å². The van der Waals surface area contributed by atoms with E-state index >= 15 is 0 Å². The van der Waals surface area contributed by atoms with Crippen molar-refractivity contribution in [3.63, 3.8) is 0 Å². The maximum absolute atomic E-state index is 5.81. The van der Waals surface area contributed by atoms with Crippen LogP contribution in [-0.4, -0.2) is 20.0 Å². The Kier molecular flexibility index (Phi) is 3.74. The van der Waals surface area contributed by atoms with E-state index in [2.05, 4.69) is 26.0 Å². The van der Waals surface area contributed by atoms with Crippen LogP contribution in [0.1, 0.15) is 65.2 Å². The number of fused-ring (bicyclic) bond motifs is 5. The van der Waals surface area contributed by atoms with Crippen LogP contribution >= 0.6 is 0 Å². The molecule has 4 aliphatic rings. The first-order valence-electron chi connectivity index (χ1n) is 9.74. The molecular weight excluding hydrogens is 284 g/mol. The second-order valence-electron chi connectivity index (χ2n) is 9.36. The third kappa shape index (κ3) is 2.20. The van der Waals surface area contributed by atoms with Gasteiger partial charge >= 0.3 is 0 Å². The molecule has 4 aliphatic carbocycles. The molecule has 4 rings (SSSR count). The van der Waals surface area contributed by atoms with Crippen LogP contribution in [0.3, 0.4) is 0 Å². The molecule has 0 aliphatic heterocycles. The fourth-order valence-corrected chi connectivity index (χ4v) is 7.13. The molecule has 3 saturated carbocycles. The van der Waals surface area contributed by atoms with Gasteiger partial charge in [-0.15, -0.1) is 0 Å². The molecule has 3 fully saturated rings. The second-order valence-corrected chi connectivity index (χ2v) is 9.36. The monoisotopic (exact) mass is 318 g/mol. The Bertz CT molecular complexity index is 494. The van der Waals surface area contributed by atoms with Gasteiger partial charge in [0.2, 0.25) is 0 Å². The van der Waals surface area contributed by atoms with Crippen LogP contribution in [0.2, 0.25) is 0 Å². The van der Waals surface area contributed by atoms with Crippen LogP contribution < -0.4 is 0 Å². The van der Waals surface area contributed by atoms with Crippen molar-refractivity contribution in [3.8, 4) is 0 Å². The molecule has 0 aromatic carbocycles. The van der Waals surface area contributed by atoms with Gasteiger partial charge in [-0.3, -0.25) is 0 Å². The Labute approximate surface area is 142 Å². The summed E-state index contributed by atoms with van der Waals surface area (Å²) in [6, 6.07) is 0. The van der Waals surface area contributed by atoms with Crippen molar-refractivity contribution in [2.45, 2.75) is 71.0 Å². The highest BCUT2D eigenvalue weighted by molar-refractivity contribution is 5.16. The normalized spacial score (nSPS) is 51.0. The Balaban J connectivity index is 1.59. The highest BCUT2D eigenvalue weighted by atomic mass is 16.7. The lowest BCUT2D eigenvalue weighted by atomic mass is 9.45. The third-order valence-corrected chi connectivity index (χ3v) is 8.74. The van der Waals surface area contributed by atoms with Crippen molar-refractivity contribution in [2.75, 3.05) is 14.2 Å². The van der Waals surface area contributed by atoms with Crippen molar-refractivity contribution < 1.29 is 9.47 Å². The largest absolute Gasteiger partial charge is 0.353 e. The van der Waals surface area contributed by atoms with Gasteiger partial charge in [0.1, 0.15) is 0 Å². The predicted molar refractivity (Wildman–Crippen MR) is 93.0 cm³/mol. The number of hydrogen-bond acceptors (Lipinski definition) is 2. The fraction of sp³-hybridized carbons (Fsp3) is 0.905. The molecule has 0 bridgehead atoms. The molecule has 6 atom stereocenters. The summed E-state index contributed by atoms with van der Waals surface area (Å²) in [7, 11) is 3.65. The summed E-state index contributed by atoms with van der Waals surface area (Å²) in [5, 5.41) is 0. The number of hydrogen-bond donors (Lipinski definition) is 0. The first-order chi connectivity index (χ1) is 11.0. The van der Waals surface area contributed by atoms with Crippen molar-refractivity contribution in [1.29, 1.82) is 0 Å². The number of allylic oxidation sites excluding steroid dienone is 2. The van der Waals surface area contributed by atoms with E-state index in [1.54, 1.807) is 0 Å². The Morgan fingerprint density at radius 2 is 1.70 bits per heavy atom. The van der Waals surface area contributed by atoms with Crippen molar-refractivity contribution in [3.05, 3.63) is 12.2 Å². The highest BCUT2D eigenvalue weighted by Gasteiger charge is 2.59. The van der Waals surface area contributed by atoms with Gasteiger partial charge < -0.3 is 9.47 Å². The smallest absolute Gasteiger partial charge is 0.167 e. The van der Waals surface area contributed by atoms with E-state index in [-0.39, 0.29) is 5.79 Å². The van der Waals surface area contributed by atoms with E-state index in [4.69, 9.17) is 9.47 Å². The number of methoxy groups -OCH3 is 2. The molecule has 0 saturated heterocycles. The van der Waals surface area contributed by atoms with E-state index in [9.17, 15) is 0 Å². The van der Waals surface area contributed by atoms with E-state index in [0.29, 0.717) is 10.8 Å². The third-order valence-electron chi connectivity index (χ3n) is 8.74. The molecule has 23 heavy (non-hydrogen) atoms. The minimum absolute atomic E-state index is 0.310. The SMILES string of the molecule is COC1(OC)CC[C@@]2(C)[C@@H](CC[C@@H]3[C@@H]2CC[C@]2(C)C=CC[C@@H]32)C1. The number of ether oxygens (including phenoxy) is 2. The summed E-state index contributed by atoms with van der Waals surface area (Å²) < 4.78 is 11.6. The predicted octanol–water partition coefficient (Wildman–Crippen LogP) is 5.18. The molecular formula is C21H34O2. The first kappa shape index (κ1) is 16.1. The van der Waals surface area contributed by atoms with Gasteiger partial charge in [-0.05, 0) is 73.0 Å². The molecule has 130 valence electrons. The molecule has 0 spiro atoms. The summed E-state index contributed by atoms with van der Waals surface area (Å²) in [5.41, 5.74) is 1.01. The van der Waals surface area contributed by atoms with E-state index in [1.165, 1.54) is 38.5 Å². The molecule has 2 heteroatoms. The number of rotatable bonds is 2. The fourth-order valence-electron chi connectivity index (χ4n) is 7.13. The summed E-state index contributed by atoms with van der Waals surface area (Å²) in [6.07, 6.45) is 15.4. The van der Waals surface area contributed by atoms with Gasteiger partial charge in [-0.25, -0.2) is 0 Å². The molecule has 0 N–H and O–H groups in total. The lowest BCUT2D eigenvalue weighted by molar-refractivity contribution is -0.260. The molecule has 0 unspecified atom stereocenters. The summed E-state index contributed by atoms with van der Waals surface area (Å²) in [5.74, 6) is 3.25. The zero-order valence-electron chi connectivity index (χ0n) is 15.4. The zero-order valence-corrected chi connectivity index (χ0v) is 15.4. The Morgan fingerprint density at radius 3 is 2.43 bits per heavy atom. The molecule has 0 amide bonds. The maximum Gasteiger partial charge on any atom is 0.167 e. The van der Waals surface area contributed by atoms with Crippen molar-refractivity contribution in [2.24, 2.45) is 34.5 Å².